The Labute approximate surface area is 156 Å². The smallest absolute Gasteiger partial charge is 0.393 e. The fourth-order valence-corrected chi connectivity index (χ4v) is 2.92. The topological polar surface area (TPSA) is 55.8 Å². The molecule has 1 amide bonds. The number of ether oxygens (including phenoxy) is 2. The SMILES string of the molecule is CC(C)Oc1cccc(CC(=O)OCC(=O)N2CCCC(C(F)(F)F)C2)c1. The molecular formula is C19H24F3NO4. The first-order valence-electron chi connectivity index (χ1n) is 8.91. The molecule has 0 radical (unpaired) electrons. The molecule has 0 aliphatic carbocycles. The Hall–Kier alpha value is -2.25. The summed E-state index contributed by atoms with van der Waals surface area (Å²) >= 11 is 0. The number of hydrogen-bond acceptors (Lipinski definition) is 4. The van der Waals surface area contributed by atoms with E-state index in [1.165, 1.54) is 0 Å². The first-order valence-corrected chi connectivity index (χ1v) is 8.91. The number of likely N-dealkylation sites (tertiary alicyclic amines) is 1. The maximum Gasteiger partial charge on any atom is 0.393 e. The molecule has 1 saturated heterocycles. The monoisotopic (exact) mass is 387 g/mol. The molecule has 5 nitrogen and oxygen atoms in total. The van der Waals surface area contributed by atoms with Crippen LogP contribution in [0.4, 0.5) is 13.2 Å². The number of hydrogen-bond donors (Lipinski definition) is 0. The number of amides is 1. The highest BCUT2D eigenvalue weighted by Gasteiger charge is 2.42. The van der Waals surface area contributed by atoms with E-state index in [2.05, 4.69) is 0 Å². The van der Waals surface area contributed by atoms with Gasteiger partial charge in [0, 0.05) is 13.1 Å². The van der Waals surface area contributed by atoms with Gasteiger partial charge in [0.15, 0.2) is 6.61 Å². The van der Waals surface area contributed by atoms with Gasteiger partial charge in [-0.2, -0.15) is 13.2 Å². The largest absolute Gasteiger partial charge is 0.491 e. The van der Waals surface area contributed by atoms with Crippen molar-refractivity contribution in [2.24, 2.45) is 5.92 Å². The van der Waals surface area contributed by atoms with Crippen molar-refractivity contribution in [3.63, 3.8) is 0 Å². The van der Waals surface area contributed by atoms with Crippen molar-refractivity contribution >= 4 is 11.9 Å². The molecule has 1 aliphatic heterocycles. The Kier molecular flexibility index (Phi) is 7.10. The Morgan fingerprint density at radius 1 is 1.30 bits per heavy atom. The van der Waals surface area contributed by atoms with Gasteiger partial charge < -0.3 is 14.4 Å². The zero-order valence-corrected chi connectivity index (χ0v) is 15.4. The number of halogens is 3. The standard InChI is InChI=1S/C19H24F3NO4/c1-13(2)27-16-7-3-5-14(9-16)10-18(25)26-12-17(24)23-8-4-6-15(11-23)19(20,21)22/h3,5,7,9,13,15H,4,6,8,10-12H2,1-2H3. The Morgan fingerprint density at radius 2 is 2.04 bits per heavy atom. The van der Waals surface area contributed by atoms with E-state index in [1.54, 1.807) is 24.3 Å². The third-order valence-corrected chi connectivity index (χ3v) is 4.21. The second-order valence-corrected chi connectivity index (χ2v) is 6.87. The normalized spacial score (nSPS) is 17.7. The van der Waals surface area contributed by atoms with Crippen LogP contribution in [0.15, 0.2) is 24.3 Å². The summed E-state index contributed by atoms with van der Waals surface area (Å²) in [6.45, 7) is 3.09. The second kappa shape index (κ2) is 9.10. The van der Waals surface area contributed by atoms with E-state index in [4.69, 9.17) is 9.47 Å². The quantitative estimate of drug-likeness (QED) is 0.703. The van der Waals surface area contributed by atoms with Crippen LogP contribution < -0.4 is 4.74 Å². The molecule has 2 rings (SSSR count). The third kappa shape index (κ3) is 6.77. The Balaban J connectivity index is 1.82. The number of carbonyl (C=O) groups is 2. The predicted molar refractivity (Wildman–Crippen MR) is 92.2 cm³/mol. The van der Waals surface area contributed by atoms with Crippen LogP contribution in [0.25, 0.3) is 0 Å². The molecule has 27 heavy (non-hydrogen) atoms. The van der Waals surface area contributed by atoms with Crippen molar-refractivity contribution in [1.29, 1.82) is 0 Å². The molecule has 0 N–H and O–H groups in total. The van der Waals surface area contributed by atoms with Crippen molar-refractivity contribution in [2.45, 2.75) is 45.4 Å². The van der Waals surface area contributed by atoms with E-state index < -0.39 is 30.6 Å². The lowest BCUT2D eigenvalue weighted by molar-refractivity contribution is -0.189. The lowest BCUT2D eigenvalue weighted by Gasteiger charge is -2.33. The van der Waals surface area contributed by atoms with E-state index in [9.17, 15) is 22.8 Å². The fourth-order valence-electron chi connectivity index (χ4n) is 2.92. The van der Waals surface area contributed by atoms with Crippen LogP contribution in [0.2, 0.25) is 0 Å². The number of alkyl halides is 3. The van der Waals surface area contributed by atoms with Gasteiger partial charge in [-0.1, -0.05) is 12.1 Å². The van der Waals surface area contributed by atoms with E-state index in [1.807, 2.05) is 13.8 Å². The molecule has 0 spiro atoms. The van der Waals surface area contributed by atoms with Crippen LogP contribution in [-0.4, -0.2) is 48.8 Å². The molecule has 0 saturated carbocycles. The van der Waals surface area contributed by atoms with Crippen molar-refractivity contribution in [1.82, 2.24) is 4.90 Å². The molecule has 1 fully saturated rings. The summed E-state index contributed by atoms with van der Waals surface area (Å²) in [5, 5.41) is 0. The van der Waals surface area contributed by atoms with Crippen LogP contribution in [0.3, 0.4) is 0 Å². The summed E-state index contributed by atoms with van der Waals surface area (Å²) < 4.78 is 48.9. The summed E-state index contributed by atoms with van der Waals surface area (Å²) in [7, 11) is 0. The molecule has 0 bridgehead atoms. The van der Waals surface area contributed by atoms with Gasteiger partial charge in [-0.3, -0.25) is 9.59 Å². The highest BCUT2D eigenvalue weighted by atomic mass is 19.4. The lowest BCUT2D eigenvalue weighted by Crippen LogP contribution is -2.46. The third-order valence-electron chi connectivity index (χ3n) is 4.21. The van der Waals surface area contributed by atoms with E-state index >= 15 is 0 Å². The van der Waals surface area contributed by atoms with Crippen LogP contribution >= 0.6 is 0 Å². The van der Waals surface area contributed by atoms with Gasteiger partial charge in [0.25, 0.3) is 5.91 Å². The van der Waals surface area contributed by atoms with Gasteiger partial charge in [0.1, 0.15) is 5.75 Å². The van der Waals surface area contributed by atoms with Gasteiger partial charge in [-0.15, -0.1) is 0 Å². The minimum atomic E-state index is -4.32. The van der Waals surface area contributed by atoms with Crippen LogP contribution in [-0.2, 0) is 20.7 Å². The maximum absolute atomic E-state index is 12.8. The zero-order valence-electron chi connectivity index (χ0n) is 15.4. The molecular weight excluding hydrogens is 363 g/mol. The summed E-state index contributed by atoms with van der Waals surface area (Å²) in [4.78, 5) is 25.1. The fraction of sp³-hybridized carbons (Fsp3) is 0.579. The van der Waals surface area contributed by atoms with Crippen LogP contribution in [0.1, 0.15) is 32.3 Å². The number of rotatable bonds is 6. The lowest BCUT2D eigenvalue weighted by atomic mass is 9.97. The van der Waals surface area contributed by atoms with Crippen molar-refractivity contribution in [3.05, 3.63) is 29.8 Å². The summed E-state index contributed by atoms with van der Waals surface area (Å²) in [5.74, 6) is -2.11. The van der Waals surface area contributed by atoms with Crippen LogP contribution in [0, 0.1) is 5.92 Å². The highest BCUT2D eigenvalue weighted by Crippen LogP contribution is 2.33. The van der Waals surface area contributed by atoms with Gasteiger partial charge in [-0.25, -0.2) is 0 Å². The Morgan fingerprint density at radius 3 is 2.70 bits per heavy atom. The van der Waals surface area contributed by atoms with Crippen molar-refractivity contribution in [2.75, 3.05) is 19.7 Å². The Bertz CT molecular complexity index is 661. The number of esters is 1. The number of nitrogens with zero attached hydrogens (tertiary/aromatic N) is 1. The molecule has 1 aliphatic rings. The molecule has 8 heteroatoms. The molecule has 1 heterocycles. The average molecular weight is 387 g/mol. The minimum Gasteiger partial charge on any atom is -0.491 e. The van der Waals surface area contributed by atoms with E-state index in [0.717, 1.165) is 4.90 Å². The van der Waals surface area contributed by atoms with E-state index in [0.29, 0.717) is 11.3 Å². The highest BCUT2D eigenvalue weighted by molar-refractivity contribution is 5.81. The molecule has 0 aromatic heterocycles. The first kappa shape index (κ1) is 21.1. The number of carbonyl (C=O) groups excluding carboxylic acids is 2. The van der Waals surface area contributed by atoms with Crippen LogP contribution in [0.5, 0.6) is 5.75 Å². The summed E-state index contributed by atoms with van der Waals surface area (Å²) in [5.41, 5.74) is 0.667. The number of piperidine rings is 1. The van der Waals surface area contributed by atoms with Crippen molar-refractivity contribution in [3.8, 4) is 5.75 Å². The molecule has 1 aromatic rings. The van der Waals surface area contributed by atoms with Crippen molar-refractivity contribution < 1.29 is 32.2 Å². The average Bonchev–Trinajstić information content (AvgIpc) is 2.59. The van der Waals surface area contributed by atoms with Gasteiger partial charge >= 0.3 is 12.1 Å². The van der Waals surface area contributed by atoms with Gasteiger partial charge in [0.2, 0.25) is 0 Å². The van der Waals surface area contributed by atoms with Gasteiger partial charge in [0.05, 0.1) is 18.4 Å². The molecule has 1 atom stereocenters. The predicted octanol–water partition coefficient (Wildman–Crippen LogP) is 3.36. The molecule has 1 aromatic carbocycles. The minimum absolute atomic E-state index is 0.00473. The van der Waals surface area contributed by atoms with Gasteiger partial charge in [-0.05, 0) is 44.4 Å². The summed E-state index contributed by atoms with van der Waals surface area (Å²) in [6, 6.07) is 6.96. The maximum atomic E-state index is 12.8. The number of benzene rings is 1. The first-order chi connectivity index (χ1) is 12.6. The molecule has 150 valence electrons. The second-order valence-electron chi connectivity index (χ2n) is 6.87. The summed E-state index contributed by atoms with van der Waals surface area (Å²) in [6.07, 6.45) is -4.07. The molecule has 1 unspecified atom stereocenters. The van der Waals surface area contributed by atoms with E-state index in [-0.39, 0.29) is 38.5 Å². The zero-order chi connectivity index (χ0) is 20.0.